The van der Waals surface area contributed by atoms with Crippen LogP contribution >= 0.6 is 11.6 Å². The lowest BCUT2D eigenvalue weighted by molar-refractivity contribution is 0.100. The van der Waals surface area contributed by atoms with Crippen LogP contribution in [0.5, 0.6) is 0 Å². The van der Waals surface area contributed by atoms with Crippen LogP contribution in [0.1, 0.15) is 76.0 Å². The maximum atomic E-state index is 12.3. The molecular formula is C20H28ClN3O. The first kappa shape index (κ1) is 19.6. The lowest BCUT2D eigenvalue weighted by atomic mass is 10.0. The van der Waals surface area contributed by atoms with E-state index in [0.717, 1.165) is 41.8 Å². The van der Waals surface area contributed by atoms with Gasteiger partial charge in [-0.25, -0.2) is 4.99 Å². The molecule has 0 fully saturated rings. The third-order valence-corrected chi connectivity index (χ3v) is 5.25. The van der Waals surface area contributed by atoms with Crippen molar-refractivity contribution in [2.75, 3.05) is 0 Å². The molecule has 0 N–H and O–H groups in total. The van der Waals surface area contributed by atoms with E-state index in [9.17, 15) is 4.79 Å². The summed E-state index contributed by atoms with van der Waals surface area (Å²) in [5, 5.41) is 0.493. The lowest BCUT2D eigenvalue weighted by Gasteiger charge is -2.19. The number of hydrogen-bond donors (Lipinski definition) is 0. The van der Waals surface area contributed by atoms with Crippen molar-refractivity contribution in [3.63, 3.8) is 0 Å². The van der Waals surface area contributed by atoms with Gasteiger partial charge in [0.25, 0.3) is 0 Å². The van der Waals surface area contributed by atoms with E-state index in [1.807, 2.05) is 13.8 Å². The molecule has 1 aromatic rings. The molecule has 2 atom stereocenters. The molecule has 1 aliphatic rings. The van der Waals surface area contributed by atoms with E-state index in [1.54, 1.807) is 13.1 Å². The fraction of sp³-hybridized carbons (Fsp3) is 0.550. The second-order valence-corrected chi connectivity index (χ2v) is 7.16. The molecule has 0 aromatic carbocycles. The van der Waals surface area contributed by atoms with E-state index in [0.29, 0.717) is 16.9 Å². The second-order valence-electron chi connectivity index (χ2n) is 6.80. The van der Waals surface area contributed by atoms with E-state index in [-0.39, 0.29) is 11.7 Å². The van der Waals surface area contributed by atoms with Crippen molar-refractivity contribution in [3.05, 3.63) is 28.2 Å². The summed E-state index contributed by atoms with van der Waals surface area (Å²) in [5.41, 5.74) is 4.34. The summed E-state index contributed by atoms with van der Waals surface area (Å²) >= 11 is 6.22. The summed E-state index contributed by atoms with van der Waals surface area (Å²) in [6.07, 6.45) is 6.96. The van der Waals surface area contributed by atoms with Crippen LogP contribution in [0.25, 0.3) is 0 Å². The minimum Gasteiger partial charge on any atom is -0.340 e. The normalized spacial score (nSPS) is 19.0. The fourth-order valence-electron chi connectivity index (χ4n) is 3.34. The Labute approximate surface area is 155 Å². The number of hydrogen-bond acceptors (Lipinski definition) is 3. The number of ketones is 1. The summed E-state index contributed by atoms with van der Waals surface area (Å²) in [6.45, 7) is 12.0. The molecule has 25 heavy (non-hydrogen) atoms. The third-order valence-electron chi connectivity index (χ3n) is 4.95. The Morgan fingerprint density at radius 3 is 2.60 bits per heavy atom. The number of Topliss-reactive ketones (excluding diaryl/α,β-unsaturated/α-hetero) is 1. The number of aryl methyl sites for hydroxylation is 1. The number of allylic oxidation sites excluding steroid dienone is 1. The summed E-state index contributed by atoms with van der Waals surface area (Å²) in [4.78, 5) is 21.3. The van der Waals surface area contributed by atoms with Crippen molar-refractivity contribution >= 4 is 35.0 Å². The highest BCUT2D eigenvalue weighted by Crippen LogP contribution is 2.33. The fourth-order valence-corrected chi connectivity index (χ4v) is 3.68. The van der Waals surface area contributed by atoms with Crippen LogP contribution in [0.2, 0.25) is 0 Å². The quantitative estimate of drug-likeness (QED) is 0.333. The van der Waals surface area contributed by atoms with Crippen LogP contribution in [0.15, 0.2) is 26.9 Å². The number of aromatic nitrogens is 1. The van der Waals surface area contributed by atoms with Gasteiger partial charge in [-0.1, -0.05) is 38.8 Å². The average Bonchev–Trinajstić information content (AvgIpc) is 3.00. The van der Waals surface area contributed by atoms with Gasteiger partial charge in [0, 0.05) is 42.6 Å². The van der Waals surface area contributed by atoms with E-state index >= 15 is 0 Å². The van der Waals surface area contributed by atoms with Gasteiger partial charge < -0.3 is 4.57 Å². The van der Waals surface area contributed by atoms with E-state index in [1.165, 1.54) is 0 Å². The van der Waals surface area contributed by atoms with E-state index in [2.05, 4.69) is 41.5 Å². The van der Waals surface area contributed by atoms with E-state index in [4.69, 9.17) is 11.6 Å². The van der Waals surface area contributed by atoms with Gasteiger partial charge in [0.2, 0.25) is 0 Å². The smallest absolute Gasteiger partial charge is 0.178 e. The summed E-state index contributed by atoms with van der Waals surface area (Å²) in [6, 6.07) is 0.324. The molecule has 0 aliphatic carbocycles. The van der Waals surface area contributed by atoms with Crippen molar-refractivity contribution in [1.82, 2.24) is 4.57 Å². The number of nitrogens with zero attached hydrogens (tertiary/aromatic N) is 3. The monoisotopic (exact) mass is 361 g/mol. The van der Waals surface area contributed by atoms with Gasteiger partial charge in [0.1, 0.15) is 10.9 Å². The van der Waals surface area contributed by atoms with Crippen LogP contribution in [0, 0.1) is 12.8 Å². The van der Waals surface area contributed by atoms with Crippen molar-refractivity contribution < 1.29 is 4.79 Å². The van der Waals surface area contributed by atoms with Gasteiger partial charge in [0.15, 0.2) is 5.78 Å². The van der Waals surface area contributed by atoms with Crippen LogP contribution < -0.4 is 0 Å². The molecule has 1 aliphatic heterocycles. The van der Waals surface area contributed by atoms with Gasteiger partial charge in [-0.2, -0.15) is 0 Å². The molecule has 1 aromatic heterocycles. The topological polar surface area (TPSA) is 46.7 Å². The van der Waals surface area contributed by atoms with Crippen molar-refractivity contribution in [2.24, 2.45) is 15.9 Å². The molecular weight excluding hydrogens is 334 g/mol. The van der Waals surface area contributed by atoms with Crippen LogP contribution in [0.4, 0.5) is 5.69 Å². The molecule has 0 radical (unpaired) electrons. The predicted octanol–water partition coefficient (Wildman–Crippen LogP) is 6.01. The maximum absolute atomic E-state index is 12.3. The third kappa shape index (κ3) is 3.95. The standard InChI is InChI=1S/C20H28ClN3O/c1-7-9-16(8-2)24-11-12(3)18(19(24)15(6)25)22-10-17-13(4)14(5)23-20(17)21/h10-11,13,16H,7-9H2,1-6H3. The number of aliphatic imine (C=N–C) groups is 2. The summed E-state index contributed by atoms with van der Waals surface area (Å²) in [7, 11) is 0. The SMILES string of the molecule is CCCC(CC)n1cc(C)c(N=CC2=C(Cl)N=C(C)C2C)c1C(C)=O. The van der Waals surface area contributed by atoms with Crippen LogP contribution in [0.3, 0.4) is 0 Å². The Morgan fingerprint density at radius 2 is 2.12 bits per heavy atom. The molecule has 2 unspecified atom stereocenters. The Hall–Kier alpha value is -1.68. The predicted molar refractivity (Wildman–Crippen MR) is 107 cm³/mol. The molecule has 0 amide bonds. The highest BCUT2D eigenvalue weighted by Gasteiger charge is 2.23. The molecule has 5 heteroatoms. The van der Waals surface area contributed by atoms with Crippen molar-refractivity contribution in [1.29, 1.82) is 0 Å². The highest BCUT2D eigenvalue weighted by molar-refractivity contribution is 6.33. The zero-order valence-electron chi connectivity index (χ0n) is 16.1. The lowest BCUT2D eigenvalue weighted by Crippen LogP contribution is -2.12. The minimum absolute atomic E-state index is 0.0433. The number of carbonyl (C=O) groups is 1. The van der Waals surface area contributed by atoms with Gasteiger partial charge in [-0.05, 0) is 32.3 Å². The Bertz CT molecular complexity index is 755. The largest absolute Gasteiger partial charge is 0.340 e. The Balaban J connectivity index is 2.45. The molecule has 4 nitrogen and oxygen atoms in total. The first-order valence-electron chi connectivity index (χ1n) is 9.02. The minimum atomic E-state index is 0.0433. The molecule has 0 saturated carbocycles. The van der Waals surface area contributed by atoms with Crippen LogP contribution in [-0.4, -0.2) is 22.3 Å². The number of carbonyl (C=O) groups excluding carboxylic acids is 1. The van der Waals surface area contributed by atoms with E-state index < -0.39 is 0 Å². The molecule has 0 saturated heterocycles. The molecule has 2 heterocycles. The second kappa shape index (κ2) is 8.13. The first-order valence-corrected chi connectivity index (χ1v) is 9.40. The summed E-state index contributed by atoms with van der Waals surface area (Å²) < 4.78 is 2.11. The van der Waals surface area contributed by atoms with Gasteiger partial charge in [-0.15, -0.1) is 0 Å². The first-order chi connectivity index (χ1) is 11.8. The maximum Gasteiger partial charge on any atom is 0.178 e. The highest BCUT2D eigenvalue weighted by atomic mass is 35.5. The van der Waals surface area contributed by atoms with Gasteiger partial charge >= 0.3 is 0 Å². The molecule has 2 rings (SSSR count). The average molecular weight is 362 g/mol. The van der Waals surface area contributed by atoms with Crippen molar-refractivity contribution in [2.45, 2.75) is 66.8 Å². The van der Waals surface area contributed by atoms with Gasteiger partial charge in [0.05, 0.1) is 5.69 Å². The van der Waals surface area contributed by atoms with Crippen molar-refractivity contribution in [3.8, 4) is 0 Å². The zero-order chi connectivity index (χ0) is 18.7. The molecule has 136 valence electrons. The Morgan fingerprint density at radius 1 is 1.44 bits per heavy atom. The number of rotatable bonds is 7. The zero-order valence-corrected chi connectivity index (χ0v) is 16.8. The summed E-state index contributed by atoms with van der Waals surface area (Å²) in [5.74, 6) is 0.199. The molecule has 0 spiro atoms. The Kier molecular flexibility index (Phi) is 6.39. The molecule has 0 bridgehead atoms. The number of halogens is 1. The van der Waals surface area contributed by atoms with Gasteiger partial charge in [-0.3, -0.25) is 9.79 Å². The van der Waals surface area contributed by atoms with Crippen LogP contribution in [-0.2, 0) is 0 Å².